The molecule has 1 N–H and O–H groups in total. The fraction of sp³-hybridized carbons (Fsp3) is 0.467. The lowest BCUT2D eigenvalue weighted by Crippen LogP contribution is -3.13. The molecule has 0 aliphatic carbocycles. The van der Waals surface area contributed by atoms with Crippen molar-refractivity contribution in [2.75, 3.05) is 25.4 Å². The average molecular weight is 306 g/mol. The molecule has 0 saturated carbocycles. The first kappa shape index (κ1) is 14.0. The lowest BCUT2D eigenvalue weighted by atomic mass is 10.1. The van der Waals surface area contributed by atoms with Gasteiger partial charge in [0.05, 0.1) is 24.5 Å². The van der Waals surface area contributed by atoms with E-state index in [1.807, 2.05) is 17.8 Å². The maximum Gasteiger partial charge on any atom is 0.119 e. The Balaban J connectivity index is 1.48. The summed E-state index contributed by atoms with van der Waals surface area (Å²) in [5.41, 5.74) is 0.978. The van der Waals surface area contributed by atoms with E-state index in [0.29, 0.717) is 0 Å². The van der Waals surface area contributed by atoms with Gasteiger partial charge in [-0.05, 0) is 42.8 Å². The number of thiophene rings is 1. The van der Waals surface area contributed by atoms with Crippen LogP contribution in [0.25, 0.3) is 10.6 Å². The predicted octanol–water partition coefficient (Wildman–Crippen LogP) is 2.37. The normalized spacial score (nSPS) is 16.4. The number of nitrogens with zero attached hydrogens (tertiary/aromatic N) is 2. The maximum absolute atomic E-state index is 4.33. The van der Waals surface area contributed by atoms with Crippen molar-refractivity contribution in [2.45, 2.75) is 24.3 Å². The van der Waals surface area contributed by atoms with Gasteiger partial charge in [0.1, 0.15) is 10.7 Å². The van der Waals surface area contributed by atoms with E-state index in [1.165, 1.54) is 43.8 Å². The summed E-state index contributed by atoms with van der Waals surface area (Å²) in [5.74, 6) is 1.14. The van der Waals surface area contributed by atoms with E-state index in [-0.39, 0.29) is 0 Å². The highest BCUT2D eigenvalue weighted by Crippen LogP contribution is 2.23. The van der Waals surface area contributed by atoms with Crippen LogP contribution in [0.5, 0.6) is 0 Å². The van der Waals surface area contributed by atoms with Gasteiger partial charge in [0.15, 0.2) is 0 Å². The molecule has 0 unspecified atom stereocenters. The average Bonchev–Trinajstić information content (AvgIpc) is 3.03. The van der Waals surface area contributed by atoms with Gasteiger partial charge in [-0.2, -0.15) is 0 Å². The van der Waals surface area contributed by atoms with E-state index in [2.05, 4.69) is 33.8 Å². The van der Waals surface area contributed by atoms with Crippen molar-refractivity contribution >= 4 is 23.1 Å². The molecule has 0 atom stereocenters. The molecule has 2 aromatic rings. The van der Waals surface area contributed by atoms with Crippen LogP contribution in [-0.4, -0.2) is 35.6 Å². The number of hydrogen-bond acceptors (Lipinski definition) is 4. The van der Waals surface area contributed by atoms with Crippen LogP contribution in [0.4, 0.5) is 0 Å². The third kappa shape index (κ3) is 3.81. The number of rotatable bonds is 5. The summed E-state index contributed by atoms with van der Waals surface area (Å²) in [6, 6.07) is 8.31. The topological polar surface area (TPSA) is 30.2 Å². The number of likely N-dealkylation sites (tertiary alicyclic amines) is 1. The van der Waals surface area contributed by atoms with Crippen molar-refractivity contribution in [1.82, 2.24) is 10.2 Å². The third-order valence-corrected chi connectivity index (χ3v) is 5.49. The number of thioether (sulfide) groups is 1. The van der Waals surface area contributed by atoms with E-state index in [0.717, 1.165) is 16.5 Å². The smallest absolute Gasteiger partial charge is 0.119 e. The first-order valence-corrected chi connectivity index (χ1v) is 9.12. The maximum atomic E-state index is 4.33. The van der Waals surface area contributed by atoms with Crippen molar-refractivity contribution in [1.29, 1.82) is 0 Å². The van der Waals surface area contributed by atoms with Gasteiger partial charge in [-0.15, -0.1) is 21.5 Å². The summed E-state index contributed by atoms with van der Waals surface area (Å²) in [5, 5.41) is 11.8. The zero-order valence-corrected chi connectivity index (χ0v) is 13.2. The first-order chi connectivity index (χ1) is 9.92. The third-order valence-electron chi connectivity index (χ3n) is 3.68. The number of aromatic nitrogens is 2. The summed E-state index contributed by atoms with van der Waals surface area (Å²) in [7, 11) is 0. The van der Waals surface area contributed by atoms with E-state index in [1.54, 1.807) is 16.2 Å². The Morgan fingerprint density at radius 3 is 2.70 bits per heavy atom. The van der Waals surface area contributed by atoms with Gasteiger partial charge in [-0.3, -0.25) is 0 Å². The van der Waals surface area contributed by atoms with E-state index < -0.39 is 0 Å². The number of hydrogen-bond donors (Lipinski definition) is 1. The summed E-state index contributed by atoms with van der Waals surface area (Å²) in [4.78, 5) is 2.94. The Labute approximate surface area is 128 Å². The van der Waals surface area contributed by atoms with Gasteiger partial charge in [0.2, 0.25) is 0 Å². The number of piperidine rings is 1. The van der Waals surface area contributed by atoms with Crippen LogP contribution in [0.2, 0.25) is 0 Å². The Morgan fingerprint density at radius 2 is 2.00 bits per heavy atom. The van der Waals surface area contributed by atoms with Crippen LogP contribution in [-0.2, 0) is 0 Å². The summed E-state index contributed by atoms with van der Waals surface area (Å²) < 4.78 is 0. The number of quaternary nitrogens is 1. The quantitative estimate of drug-likeness (QED) is 0.860. The Bertz CT molecular complexity index is 504. The molecule has 5 heteroatoms. The SMILES string of the molecule is c1csc(-c2ccc(SCC[NH+]3CCCCC3)nn2)c1. The van der Waals surface area contributed by atoms with Gasteiger partial charge in [0.25, 0.3) is 0 Å². The van der Waals surface area contributed by atoms with Crippen LogP contribution < -0.4 is 4.90 Å². The fourth-order valence-corrected chi connectivity index (χ4v) is 4.11. The molecule has 3 rings (SSSR count). The molecule has 0 amide bonds. The molecular weight excluding hydrogens is 286 g/mol. The molecule has 1 aliphatic heterocycles. The van der Waals surface area contributed by atoms with E-state index >= 15 is 0 Å². The van der Waals surface area contributed by atoms with E-state index in [4.69, 9.17) is 0 Å². The van der Waals surface area contributed by atoms with Crippen LogP contribution in [0, 0.1) is 0 Å². The molecule has 0 spiro atoms. The second-order valence-electron chi connectivity index (χ2n) is 5.14. The minimum Gasteiger partial charge on any atom is -0.334 e. The van der Waals surface area contributed by atoms with Crippen LogP contribution in [0.3, 0.4) is 0 Å². The molecule has 3 heterocycles. The minimum atomic E-state index is 0.978. The summed E-state index contributed by atoms with van der Waals surface area (Å²) >= 11 is 3.53. The van der Waals surface area contributed by atoms with Gasteiger partial charge in [-0.1, -0.05) is 17.8 Å². The second kappa shape index (κ2) is 7.20. The molecule has 0 bridgehead atoms. The van der Waals surface area contributed by atoms with Gasteiger partial charge in [0, 0.05) is 5.75 Å². The van der Waals surface area contributed by atoms with Crippen molar-refractivity contribution in [3.8, 4) is 10.6 Å². The van der Waals surface area contributed by atoms with Crippen molar-refractivity contribution < 1.29 is 4.90 Å². The predicted molar refractivity (Wildman–Crippen MR) is 85.5 cm³/mol. The molecule has 0 radical (unpaired) electrons. The first-order valence-electron chi connectivity index (χ1n) is 7.26. The second-order valence-corrected chi connectivity index (χ2v) is 7.21. The molecule has 0 aromatic carbocycles. The zero-order valence-electron chi connectivity index (χ0n) is 11.5. The minimum absolute atomic E-state index is 0.978. The Hall–Kier alpha value is -0.910. The Kier molecular flexibility index (Phi) is 5.06. The van der Waals surface area contributed by atoms with Crippen molar-refractivity contribution in [3.63, 3.8) is 0 Å². The summed E-state index contributed by atoms with van der Waals surface area (Å²) in [6.07, 6.45) is 4.22. The van der Waals surface area contributed by atoms with Gasteiger partial charge >= 0.3 is 0 Å². The fourth-order valence-electron chi connectivity index (χ4n) is 2.55. The monoisotopic (exact) mass is 306 g/mol. The largest absolute Gasteiger partial charge is 0.334 e. The van der Waals surface area contributed by atoms with Gasteiger partial charge in [-0.25, -0.2) is 0 Å². The highest BCUT2D eigenvalue weighted by atomic mass is 32.2. The van der Waals surface area contributed by atoms with E-state index in [9.17, 15) is 0 Å². The van der Waals surface area contributed by atoms with Crippen molar-refractivity contribution in [2.24, 2.45) is 0 Å². The van der Waals surface area contributed by atoms with Crippen LogP contribution in [0.1, 0.15) is 19.3 Å². The lowest BCUT2D eigenvalue weighted by molar-refractivity contribution is -0.902. The van der Waals surface area contributed by atoms with Crippen LogP contribution in [0.15, 0.2) is 34.7 Å². The molecule has 1 aliphatic rings. The zero-order chi connectivity index (χ0) is 13.6. The van der Waals surface area contributed by atoms with Crippen molar-refractivity contribution in [3.05, 3.63) is 29.6 Å². The highest BCUT2D eigenvalue weighted by molar-refractivity contribution is 7.99. The molecule has 1 fully saturated rings. The molecule has 1 saturated heterocycles. The summed E-state index contributed by atoms with van der Waals surface area (Å²) in [6.45, 7) is 3.95. The molecular formula is C15H20N3S2+. The highest BCUT2D eigenvalue weighted by Gasteiger charge is 2.13. The van der Waals surface area contributed by atoms with Crippen LogP contribution >= 0.6 is 23.1 Å². The molecule has 3 nitrogen and oxygen atoms in total. The molecule has 106 valence electrons. The molecule has 2 aromatic heterocycles. The lowest BCUT2D eigenvalue weighted by Gasteiger charge is -2.23. The Morgan fingerprint density at radius 1 is 1.10 bits per heavy atom. The number of nitrogens with one attached hydrogen (secondary N) is 1. The van der Waals surface area contributed by atoms with Gasteiger partial charge < -0.3 is 4.90 Å². The standard InChI is InChI=1S/C15H19N3S2/c1-2-8-18(9-3-1)10-12-20-15-7-6-13(16-17-15)14-5-4-11-19-14/h4-7,11H,1-3,8-10,12H2/p+1. The molecule has 20 heavy (non-hydrogen) atoms.